The molecule has 2 aromatic rings. The molecule has 7 heteroatoms. The van der Waals surface area contributed by atoms with Gasteiger partial charge < -0.3 is 20.4 Å². The first kappa shape index (κ1) is 16.5. The lowest BCUT2D eigenvalue weighted by Gasteiger charge is -2.06. The fourth-order valence-electron chi connectivity index (χ4n) is 1.95. The lowest BCUT2D eigenvalue weighted by Crippen LogP contribution is -2.38. The predicted molar refractivity (Wildman–Crippen MR) is 84.9 cm³/mol. The first-order valence-electron chi connectivity index (χ1n) is 7.38. The van der Waals surface area contributed by atoms with Crippen LogP contribution in [-0.4, -0.2) is 42.5 Å². The number of ether oxygens (including phenoxy) is 1. The molecule has 0 aliphatic rings. The molecule has 1 aromatic heterocycles. The number of aromatic nitrogens is 1. The number of fused-ring (bicyclic) bond motifs is 1. The van der Waals surface area contributed by atoms with Gasteiger partial charge in [0.15, 0.2) is 6.61 Å². The van der Waals surface area contributed by atoms with Crippen molar-refractivity contribution in [2.75, 3.05) is 19.7 Å². The van der Waals surface area contributed by atoms with Gasteiger partial charge in [0.1, 0.15) is 5.69 Å². The van der Waals surface area contributed by atoms with E-state index in [1.54, 1.807) is 6.07 Å². The molecule has 1 heterocycles. The van der Waals surface area contributed by atoms with Gasteiger partial charge in [-0.25, -0.2) is 4.79 Å². The van der Waals surface area contributed by atoms with Gasteiger partial charge in [0, 0.05) is 17.4 Å². The van der Waals surface area contributed by atoms with Gasteiger partial charge in [-0.05, 0) is 18.6 Å². The molecule has 122 valence electrons. The summed E-state index contributed by atoms with van der Waals surface area (Å²) in [5, 5.41) is 5.90. The molecule has 0 saturated heterocycles. The molecule has 0 aliphatic heterocycles. The Balaban J connectivity index is 1.77. The summed E-state index contributed by atoms with van der Waals surface area (Å²) in [6.45, 7) is 1.92. The van der Waals surface area contributed by atoms with Gasteiger partial charge in [-0.2, -0.15) is 0 Å². The zero-order valence-electron chi connectivity index (χ0n) is 12.8. The summed E-state index contributed by atoms with van der Waals surface area (Å²) in [5.41, 5.74) is 1.09. The highest BCUT2D eigenvalue weighted by molar-refractivity contribution is 5.95. The number of hydrogen-bond donors (Lipinski definition) is 3. The minimum absolute atomic E-state index is 0.136. The number of aromatic amines is 1. The maximum Gasteiger partial charge on any atom is 0.355 e. The number of amides is 2. The highest BCUT2D eigenvalue weighted by atomic mass is 16.5. The number of carbonyl (C=O) groups is 3. The number of H-pyrrole nitrogens is 1. The van der Waals surface area contributed by atoms with E-state index in [0.29, 0.717) is 6.54 Å². The molecule has 23 heavy (non-hydrogen) atoms. The number of para-hydroxylation sites is 1. The fraction of sp³-hybridized carbons (Fsp3) is 0.312. The average Bonchev–Trinajstić information content (AvgIpc) is 3.00. The van der Waals surface area contributed by atoms with Crippen molar-refractivity contribution in [3.8, 4) is 0 Å². The quantitative estimate of drug-likeness (QED) is 0.662. The predicted octanol–water partition coefficient (Wildman–Crippen LogP) is 0.967. The molecule has 0 saturated carbocycles. The van der Waals surface area contributed by atoms with E-state index in [0.717, 1.165) is 17.3 Å². The second-order valence-corrected chi connectivity index (χ2v) is 4.97. The first-order valence-corrected chi connectivity index (χ1v) is 7.38. The minimum atomic E-state index is -0.619. The van der Waals surface area contributed by atoms with Crippen molar-refractivity contribution in [3.63, 3.8) is 0 Å². The van der Waals surface area contributed by atoms with Crippen LogP contribution in [-0.2, 0) is 14.3 Å². The van der Waals surface area contributed by atoms with E-state index in [1.807, 2.05) is 31.2 Å². The SMILES string of the molecule is CCCNC(=O)CNC(=O)COC(=O)c1cc2ccccc2[nH]1. The molecule has 7 nitrogen and oxygen atoms in total. The number of hydrogen-bond acceptors (Lipinski definition) is 4. The van der Waals surface area contributed by atoms with Gasteiger partial charge in [0.05, 0.1) is 6.54 Å². The van der Waals surface area contributed by atoms with E-state index >= 15 is 0 Å². The van der Waals surface area contributed by atoms with Crippen LogP contribution >= 0.6 is 0 Å². The van der Waals surface area contributed by atoms with Gasteiger partial charge in [-0.3, -0.25) is 9.59 Å². The van der Waals surface area contributed by atoms with Crippen LogP contribution in [0.5, 0.6) is 0 Å². The molecule has 0 aliphatic carbocycles. The second kappa shape index (κ2) is 7.98. The Hall–Kier alpha value is -2.83. The van der Waals surface area contributed by atoms with E-state index in [2.05, 4.69) is 15.6 Å². The normalized spacial score (nSPS) is 10.3. The molecule has 0 unspecified atom stereocenters. The smallest absolute Gasteiger partial charge is 0.355 e. The van der Waals surface area contributed by atoms with Gasteiger partial charge in [-0.1, -0.05) is 25.1 Å². The molecule has 0 radical (unpaired) electrons. The topological polar surface area (TPSA) is 100 Å². The number of carbonyl (C=O) groups excluding carboxylic acids is 3. The average molecular weight is 317 g/mol. The zero-order chi connectivity index (χ0) is 16.7. The Bertz CT molecular complexity index is 675. The summed E-state index contributed by atoms with van der Waals surface area (Å²) in [6, 6.07) is 9.08. The standard InChI is InChI=1S/C16H19N3O4/c1-2-7-17-14(20)9-18-15(21)10-23-16(22)13-8-11-5-3-4-6-12(11)19-13/h3-6,8,19H,2,7,9-10H2,1H3,(H,17,20)(H,18,21). The molecule has 2 amide bonds. The summed E-state index contributed by atoms with van der Waals surface area (Å²) in [6.07, 6.45) is 0.821. The largest absolute Gasteiger partial charge is 0.451 e. The van der Waals surface area contributed by atoms with Crippen LogP contribution in [0, 0.1) is 0 Å². The van der Waals surface area contributed by atoms with Crippen molar-refractivity contribution in [1.82, 2.24) is 15.6 Å². The van der Waals surface area contributed by atoms with Crippen molar-refractivity contribution in [1.29, 1.82) is 0 Å². The van der Waals surface area contributed by atoms with E-state index in [1.165, 1.54) is 0 Å². The molecule has 0 spiro atoms. The highest BCUT2D eigenvalue weighted by Crippen LogP contribution is 2.15. The van der Waals surface area contributed by atoms with E-state index < -0.39 is 18.5 Å². The Labute approximate surface area is 133 Å². The molecule has 1 aromatic carbocycles. The Morgan fingerprint density at radius 1 is 1.13 bits per heavy atom. The molecule has 3 N–H and O–H groups in total. The number of rotatable bonds is 7. The summed E-state index contributed by atoms with van der Waals surface area (Å²) >= 11 is 0. The molecule has 0 bridgehead atoms. The number of nitrogens with one attached hydrogen (secondary N) is 3. The maximum atomic E-state index is 11.9. The maximum absolute atomic E-state index is 11.9. The van der Waals surface area contributed by atoms with Crippen molar-refractivity contribution < 1.29 is 19.1 Å². The first-order chi connectivity index (χ1) is 11.1. The Morgan fingerprint density at radius 3 is 2.65 bits per heavy atom. The number of benzene rings is 1. The molecule has 0 atom stereocenters. The monoisotopic (exact) mass is 317 g/mol. The molecular formula is C16H19N3O4. The van der Waals surface area contributed by atoms with E-state index in [-0.39, 0.29) is 18.1 Å². The summed E-state index contributed by atoms with van der Waals surface area (Å²) < 4.78 is 4.92. The van der Waals surface area contributed by atoms with Crippen LogP contribution in [0.3, 0.4) is 0 Å². The van der Waals surface area contributed by atoms with Crippen molar-refractivity contribution in [2.45, 2.75) is 13.3 Å². The summed E-state index contributed by atoms with van der Waals surface area (Å²) in [7, 11) is 0. The van der Waals surface area contributed by atoms with Crippen LogP contribution in [0.4, 0.5) is 0 Å². The van der Waals surface area contributed by atoms with Gasteiger partial charge in [0.2, 0.25) is 5.91 Å². The minimum Gasteiger partial charge on any atom is -0.451 e. The van der Waals surface area contributed by atoms with Crippen molar-refractivity contribution in [2.24, 2.45) is 0 Å². The molecule has 0 fully saturated rings. The van der Waals surface area contributed by atoms with Crippen LogP contribution in [0.15, 0.2) is 30.3 Å². The van der Waals surface area contributed by atoms with Gasteiger partial charge in [-0.15, -0.1) is 0 Å². The van der Waals surface area contributed by atoms with Crippen molar-refractivity contribution >= 4 is 28.7 Å². The summed E-state index contributed by atoms with van der Waals surface area (Å²) in [4.78, 5) is 37.7. The highest BCUT2D eigenvalue weighted by Gasteiger charge is 2.13. The molecule has 2 rings (SSSR count). The Morgan fingerprint density at radius 2 is 1.91 bits per heavy atom. The van der Waals surface area contributed by atoms with Crippen LogP contribution in [0.25, 0.3) is 10.9 Å². The fourth-order valence-corrected chi connectivity index (χ4v) is 1.95. The number of esters is 1. The van der Waals surface area contributed by atoms with E-state index in [4.69, 9.17) is 4.74 Å². The van der Waals surface area contributed by atoms with Crippen LogP contribution in [0.2, 0.25) is 0 Å². The Kier molecular flexibility index (Phi) is 5.74. The van der Waals surface area contributed by atoms with Crippen LogP contribution < -0.4 is 10.6 Å². The van der Waals surface area contributed by atoms with Crippen LogP contribution in [0.1, 0.15) is 23.8 Å². The molecular weight excluding hydrogens is 298 g/mol. The zero-order valence-corrected chi connectivity index (χ0v) is 12.8. The second-order valence-electron chi connectivity index (χ2n) is 4.97. The third-order valence-corrected chi connectivity index (χ3v) is 3.10. The summed E-state index contributed by atoms with van der Waals surface area (Å²) in [5.74, 6) is -1.42. The lowest BCUT2D eigenvalue weighted by molar-refractivity contribution is -0.127. The third kappa shape index (κ3) is 4.84. The van der Waals surface area contributed by atoms with Crippen molar-refractivity contribution in [3.05, 3.63) is 36.0 Å². The van der Waals surface area contributed by atoms with Gasteiger partial charge >= 0.3 is 5.97 Å². The van der Waals surface area contributed by atoms with Gasteiger partial charge in [0.25, 0.3) is 5.91 Å². The third-order valence-electron chi connectivity index (χ3n) is 3.10. The lowest BCUT2D eigenvalue weighted by atomic mass is 10.2. The van der Waals surface area contributed by atoms with E-state index in [9.17, 15) is 14.4 Å².